The number of amides is 5. The van der Waals surface area contributed by atoms with Crippen molar-refractivity contribution in [1.82, 2.24) is 20.4 Å². The largest absolute Gasteiger partial charge is 0.507 e. The van der Waals surface area contributed by atoms with Crippen molar-refractivity contribution in [3.8, 4) is 22.6 Å². The fourth-order valence-electron chi connectivity index (χ4n) is 7.95. The van der Waals surface area contributed by atoms with Crippen molar-refractivity contribution in [2.24, 2.45) is 11.7 Å². The Kier molecular flexibility index (Phi) is 21.8. The van der Waals surface area contributed by atoms with E-state index in [-0.39, 0.29) is 66.2 Å². The second-order valence-electron chi connectivity index (χ2n) is 17.2. The molecule has 0 unspecified atom stereocenters. The van der Waals surface area contributed by atoms with Crippen molar-refractivity contribution in [2.75, 3.05) is 20.7 Å². The molecule has 348 valence electrons. The molecule has 0 saturated carbocycles. The van der Waals surface area contributed by atoms with Crippen LogP contribution < -0.4 is 16.4 Å². The number of hydrogen-bond acceptors (Lipinski definition) is 10. The first-order valence-corrected chi connectivity index (χ1v) is 22.7. The molecule has 1 heterocycles. The number of fused-ring (bicyclic) bond motifs is 5. The number of primary amides is 1. The maximum Gasteiger partial charge on any atom is 0.245 e. The molecule has 3 rings (SSSR count). The predicted octanol–water partition coefficient (Wildman–Crippen LogP) is 5.54. The Bertz CT molecular complexity index is 1890. The molecular weight excluding hydrogens is 807 g/mol. The van der Waals surface area contributed by atoms with E-state index in [1.807, 2.05) is 0 Å². The number of ketones is 2. The summed E-state index contributed by atoms with van der Waals surface area (Å²) in [5, 5.41) is 36.9. The Morgan fingerprint density at radius 2 is 1.33 bits per heavy atom. The van der Waals surface area contributed by atoms with Crippen LogP contribution in [0, 0.1) is 5.92 Å². The second kappa shape index (κ2) is 26.3. The average Bonchev–Trinajstić information content (AvgIpc) is 3.24. The van der Waals surface area contributed by atoms with E-state index in [4.69, 9.17) is 5.73 Å². The lowest BCUT2D eigenvalue weighted by Crippen LogP contribution is -2.53. The number of nitrogens with two attached hydrogens (primary N) is 1. The average molecular weight is 878 g/mol. The smallest absolute Gasteiger partial charge is 0.245 e. The number of aliphatic hydroxyl groups excluding tert-OH is 1. The number of likely N-dealkylation sites (N-methyl/N-ethyl adjacent to an activating group) is 2. The molecule has 5 amide bonds. The minimum absolute atomic E-state index is 0.0192. The van der Waals surface area contributed by atoms with Crippen molar-refractivity contribution in [1.29, 1.82) is 0 Å². The van der Waals surface area contributed by atoms with Crippen LogP contribution >= 0.6 is 0 Å². The summed E-state index contributed by atoms with van der Waals surface area (Å²) in [6, 6.07) is 3.96. The lowest BCUT2D eigenvalue weighted by molar-refractivity contribution is -0.142. The van der Waals surface area contributed by atoms with Gasteiger partial charge in [0.1, 0.15) is 29.6 Å². The number of phenolic OH excluding ortho intramolecular Hbond substituents is 2. The van der Waals surface area contributed by atoms with Crippen LogP contribution in [0.15, 0.2) is 36.4 Å². The number of nitrogens with one attached hydrogen (secondary N) is 2. The molecule has 63 heavy (non-hydrogen) atoms. The number of Topliss-reactive ketones (excluding diaryl/α,β-unsaturated/α-hetero) is 2. The first kappa shape index (κ1) is 52.0. The van der Waals surface area contributed by atoms with Gasteiger partial charge in [-0.2, -0.15) is 0 Å². The molecule has 2 aromatic rings. The first-order valence-electron chi connectivity index (χ1n) is 22.7. The zero-order chi connectivity index (χ0) is 46.6. The van der Waals surface area contributed by atoms with Gasteiger partial charge in [-0.1, -0.05) is 103 Å². The van der Waals surface area contributed by atoms with Crippen LogP contribution in [0.2, 0.25) is 0 Å². The van der Waals surface area contributed by atoms with E-state index in [0.717, 1.165) is 24.2 Å². The zero-order valence-corrected chi connectivity index (χ0v) is 38.0. The topological polar surface area (TPSA) is 237 Å². The fraction of sp³-hybridized carbons (Fsp3) is 0.604. The number of hydrogen-bond donors (Lipinski definition) is 6. The summed E-state index contributed by atoms with van der Waals surface area (Å²) in [6.45, 7) is 4.52. The maximum atomic E-state index is 14.0. The molecule has 15 heteroatoms. The number of carbonyl (C=O) groups is 7. The molecule has 1 aliphatic rings. The van der Waals surface area contributed by atoms with Gasteiger partial charge >= 0.3 is 0 Å². The molecule has 0 aromatic heterocycles. The highest BCUT2D eigenvalue weighted by molar-refractivity contribution is 5.97. The highest BCUT2D eigenvalue weighted by Crippen LogP contribution is 2.39. The van der Waals surface area contributed by atoms with E-state index in [1.165, 1.54) is 121 Å². The van der Waals surface area contributed by atoms with E-state index in [0.29, 0.717) is 12.0 Å². The molecule has 1 aliphatic heterocycles. The highest BCUT2D eigenvalue weighted by Gasteiger charge is 2.34. The normalized spacial score (nSPS) is 17.5. The van der Waals surface area contributed by atoms with Gasteiger partial charge in [0.15, 0.2) is 11.6 Å². The number of aromatic hydroxyl groups is 2. The number of aliphatic hydroxyl groups is 1. The van der Waals surface area contributed by atoms with Crippen molar-refractivity contribution >= 4 is 41.1 Å². The first-order chi connectivity index (χ1) is 30.0. The van der Waals surface area contributed by atoms with Crippen LogP contribution in [-0.4, -0.2) is 105 Å². The van der Waals surface area contributed by atoms with Crippen LogP contribution in [0.3, 0.4) is 0 Å². The summed E-state index contributed by atoms with van der Waals surface area (Å²) in [5.74, 6) is -5.49. The van der Waals surface area contributed by atoms with Crippen molar-refractivity contribution in [2.45, 2.75) is 161 Å². The van der Waals surface area contributed by atoms with E-state index in [2.05, 4.69) is 17.6 Å². The van der Waals surface area contributed by atoms with Gasteiger partial charge in [-0.25, -0.2) is 0 Å². The summed E-state index contributed by atoms with van der Waals surface area (Å²) in [7, 11) is 2.82. The minimum atomic E-state index is -1.29. The van der Waals surface area contributed by atoms with Gasteiger partial charge in [0, 0.05) is 63.2 Å². The van der Waals surface area contributed by atoms with Gasteiger partial charge in [-0.05, 0) is 48.7 Å². The van der Waals surface area contributed by atoms with Crippen LogP contribution in [0.25, 0.3) is 11.1 Å². The standard InChI is InChI=1S/C48H71N5O10/c1-6-7-8-9-10-11-12-13-14-15-16-17-18-19-43(59)52(4)38(30-54)48(63)50-32(3)39(55)24-25-44(60)53(5)45-34-21-23-41(57)36(29-34)35-27-33(20-22-40(35)56)28-37(46(49)61)51-47(62)31(2)26-42(45)58/h20-23,27,29,31-32,37-38,45,54,56-57H,6-19,24-26,28,30H2,1-5H3,(H2,49,61)(H,50,63)(H,51,62)/t31-,32-,37+,38-,45+/m1/s1. The molecule has 4 bridgehead atoms. The maximum absolute atomic E-state index is 14.0. The number of phenols is 2. The Labute approximate surface area is 372 Å². The summed E-state index contributed by atoms with van der Waals surface area (Å²) >= 11 is 0. The summed E-state index contributed by atoms with van der Waals surface area (Å²) in [4.78, 5) is 95.0. The van der Waals surface area contributed by atoms with Gasteiger partial charge in [-0.15, -0.1) is 0 Å². The van der Waals surface area contributed by atoms with E-state index < -0.39 is 71.9 Å². The Balaban J connectivity index is 1.60. The lowest BCUT2D eigenvalue weighted by Gasteiger charge is -2.30. The van der Waals surface area contributed by atoms with E-state index in [9.17, 15) is 48.9 Å². The fourth-order valence-corrected chi connectivity index (χ4v) is 7.95. The number of unbranched alkanes of at least 4 members (excludes halogenated alkanes) is 12. The quantitative estimate of drug-likeness (QED) is 0.0721. The SMILES string of the molecule is CCCCCCCCCCCCCCCC(=O)N(C)[C@H](CO)C(=O)N[C@H](C)C(=O)CCC(=O)N(C)[C@@H]1C(=O)C[C@@H](C)C(=O)N[C@H](C(N)=O)Cc2ccc(O)c(c2)-c2cc1ccc2O. The lowest BCUT2D eigenvalue weighted by atomic mass is 9.89. The van der Waals surface area contributed by atoms with E-state index >= 15 is 0 Å². The van der Waals surface area contributed by atoms with Gasteiger partial charge in [0.2, 0.25) is 29.5 Å². The summed E-state index contributed by atoms with van der Waals surface area (Å²) in [5.41, 5.74) is 6.69. The van der Waals surface area contributed by atoms with Crippen LogP contribution in [0.1, 0.15) is 147 Å². The third kappa shape index (κ3) is 16.1. The third-order valence-electron chi connectivity index (χ3n) is 12.1. The molecule has 0 aliphatic carbocycles. The van der Waals surface area contributed by atoms with Crippen molar-refractivity contribution in [3.05, 3.63) is 47.5 Å². The Morgan fingerprint density at radius 3 is 1.90 bits per heavy atom. The highest BCUT2D eigenvalue weighted by atomic mass is 16.3. The number of rotatable bonds is 24. The van der Waals surface area contributed by atoms with Gasteiger partial charge in [-0.3, -0.25) is 33.6 Å². The van der Waals surface area contributed by atoms with Crippen LogP contribution in [-0.2, 0) is 40.0 Å². The molecular formula is C48H71N5O10. The molecule has 0 fully saturated rings. The van der Waals surface area contributed by atoms with Gasteiger partial charge in [0.25, 0.3) is 0 Å². The minimum Gasteiger partial charge on any atom is -0.507 e. The number of carbonyl (C=O) groups excluding carboxylic acids is 7. The summed E-state index contributed by atoms with van der Waals surface area (Å²) in [6.07, 6.45) is 14.4. The predicted molar refractivity (Wildman–Crippen MR) is 240 cm³/mol. The molecule has 0 spiro atoms. The molecule has 2 aromatic carbocycles. The molecule has 0 radical (unpaired) electrons. The Morgan fingerprint density at radius 1 is 0.778 bits per heavy atom. The monoisotopic (exact) mass is 878 g/mol. The van der Waals surface area contributed by atoms with Crippen molar-refractivity contribution < 1.29 is 48.9 Å². The molecule has 7 N–H and O–H groups in total. The number of nitrogens with zero attached hydrogens (tertiary/aromatic N) is 2. The van der Waals surface area contributed by atoms with E-state index in [1.54, 1.807) is 6.07 Å². The van der Waals surface area contributed by atoms with Gasteiger partial charge in [0.05, 0.1) is 12.6 Å². The number of benzene rings is 2. The van der Waals surface area contributed by atoms with Crippen LogP contribution in [0.4, 0.5) is 0 Å². The molecule has 15 nitrogen and oxygen atoms in total. The zero-order valence-electron chi connectivity index (χ0n) is 38.0. The summed E-state index contributed by atoms with van der Waals surface area (Å²) < 4.78 is 0. The van der Waals surface area contributed by atoms with Crippen LogP contribution in [0.5, 0.6) is 11.5 Å². The van der Waals surface area contributed by atoms with Crippen molar-refractivity contribution in [3.63, 3.8) is 0 Å². The second-order valence-corrected chi connectivity index (χ2v) is 17.2. The Hall–Kier alpha value is -5.31. The molecule has 5 atom stereocenters. The van der Waals surface area contributed by atoms with Gasteiger partial charge < -0.3 is 41.5 Å². The molecule has 0 saturated heterocycles. The third-order valence-corrected chi connectivity index (χ3v) is 12.1.